The lowest BCUT2D eigenvalue weighted by molar-refractivity contribution is 0.0900. The summed E-state index contributed by atoms with van der Waals surface area (Å²) in [6, 6.07) is 0. The molecule has 0 aliphatic rings. The lowest BCUT2D eigenvalue weighted by Gasteiger charge is -2.12. The zero-order valence-corrected chi connectivity index (χ0v) is 13.1. The average molecular weight is 342 g/mol. The lowest BCUT2D eigenvalue weighted by atomic mass is 10.2. The first-order valence-corrected chi connectivity index (χ1v) is 7.37. The van der Waals surface area contributed by atoms with E-state index in [-0.39, 0.29) is 50.9 Å². The van der Waals surface area contributed by atoms with Crippen molar-refractivity contribution in [2.24, 2.45) is 11.8 Å². The van der Waals surface area contributed by atoms with Crippen molar-refractivity contribution in [2.75, 3.05) is 39.5 Å². The number of carbonyl (C=O) groups excluding carboxylic acids is 2. The van der Waals surface area contributed by atoms with Crippen molar-refractivity contribution in [2.45, 2.75) is 0 Å². The highest BCUT2D eigenvalue weighted by Crippen LogP contribution is 1.99. The van der Waals surface area contributed by atoms with E-state index in [1.807, 2.05) is 0 Å². The summed E-state index contributed by atoms with van der Waals surface area (Å²) in [5.41, 5.74) is -0.0189. The number of nitrogens with one attached hydrogen (secondary N) is 2. The fourth-order valence-electron chi connectivity index (χ4n) is 1.59. The molecule has 1 heterocycles. The van der Waals surface area contributed by atoms with Crippen LogP contribution in [0.25, 0.3) is 0 Å². The highest BCUT2D eigenvalue weighted by Gasteiger charge is 2.14. The molecular weight excluding hydrogens is 320 g/mol. The quantitative estimate of drug-likeness (QED) is 0.264. The molecule has 2 amide bonds. The lowest BCUT2D eigenvalue weighted by Crippen LogP contribution is -2.34. The van der Waals surface area contributed by atoms with E-state index in [2.05, 4.69) is 20.6 Å². The van der Waals surface area contributed by atoms with E-state index >= 15 is 0 Å². The number of rotatable bonds is 10. The van der Waals surface area contributed by atoms with Crippen LogP contribution in [0.4, 0.5) is 0 Å². The number of hydrogen-bond donors (Lipinski definition) is 6. The number of hydrogen-bond acceptors (Lipinski definition) is 8. The van der Waals surface area contributed by atoms with Crippen LogP contribution in [-0.4, -0.2) is 81.7 Å². The van der Waals surface area contributed by atoms with Crippen LogP contribution in [0.1, 0.15) is 21.0 Å². The van der Waals surface area contributed by atoms with Crippen molar-refractivity contribution in [3.8, 4) is 0 Å². The van der Waals surface area contributed by atoms with E-state index in [1.165, 1.54) is 0 Å². The van der Waals surface area contributed by atoms with Gasteiger partial charge in [-0.15, -0.1) is 0 Å². The Kier molecular flexibility index (Phi) is 8.79. The van der Waals surface area contributed by atoms with Gasteiger partial charge >= 0.3 is 0 Å². The zero-order chi connectivity index (χ0) is 17.9. The third kappa shape index (κ3) is 6.16. The fourth-order valence-corrected chi connectivity index (χ4v) is 1.59. The van der Waals surface area contributed by atoms with Gasteiger partial charge in [-0.25, -0.2) is 9.97 Å². The summed E-state index contributed by atoms with van der Waals surface area (Å²) >= 11 is 0. The van der Waals surface area contributed by atoms with Crippen molar-refractivity contribution in [1.29, 1.82) is 0 Å². The number of amides is 2. The van der Waals surface area contributed by atoms with E-state index < -0.39 is 23.7 Å². The van der Waals surface area contributed by atoms with Gasteiger partial charge in [0.1, 0.15) is 11.4 Å². The molecule has 134 valence electrons. The van der Waals surface area contributed by atoms with Crippen LogP contribution in [0.2, 0.25) is 0 Å². The van der Waals surface area contributed by atoms with E-state index in [9.17, 15) is 9.59 Å². The maximum absolute atomic E-state index is 11.8. The number of nitrogens with zero attached hydrogens (tertiary/aromatic N) is 2. The molecule has 1 aromatic heterocycles. The molecule has 0 saturated heterocycles. The Bertz CT molecular complexity index is 470. The minimum atomic E-state index is -0.540. The molecule has 24 heavy (non-hydrogen) atoms. The van der Waals surface area contributed by atoms with Crippen molar-refractivity contribution in [3.63, 3.8) is 0 Å². The average Bonchev–Trinajstić information content (AvgIpc) is 2.63. The summed E-state index contributed by atoms with van der Waals surface area (Å²) in [5, 5.41) is 40.6. The van der Waals surface area contributed by atoms with Crippen LogP contribution in [0.3, 0.4) is 0 Å². The van der Waals surface area contributed by atoms with Crippen LogP contribution in [0, 0.1) is 11.8 Å². The van der Waals surface area contributed by atoms with Gasteiger partial charge in [0, 0.05) is 51.4 Å². The molecule has 0 radical (unpaired) electrons. The zero-order valence-electron chi connectivity index (χ0n) is 13.1. The predicted octanol–water partition coefficient (Wildman–Crippen LogP) is -2.86. The predicted molar refractivity (Wildman–Crippen MR) is 82.0 cm³/mol. The Labute approximate surface area is 138 Å². The van der Waals surface area contributed by atoms with Crippen LogP contribution in [-0.2, 0) is 0 Å². The molecule has 0 atom stereocenters. The topological polar surface area (TPSA) is 165 Å². The number of carbonyl (C=O) groups is 2. The van der Waals surface area contributed by atoms with Gasteiger partial charge in [-0.05, 0) is 0 Å². The number of aliphatic hydroxyl groups is 4. The molecule has 0 unspecified atom stereocenters. The minimum absolute atomic E-state index is 0.00947. The third-order valence-corrected chi connectivity index (χ3v) is 3.25. The molecular formula is C14H22N4O6. The maximum atomic E-state index is 11.8. The summed E-state index contributed by atoms with van der Waals surface area (Å²) in [6.07, 6.45) is 2.26. The first kappa shape index (κ1) is 19.9. The molecule has 1 rings (SSSR count). The van der Waals surface area contributed by atoms with Crippen LogP contribution < -0.4 is 10.6 Å². The second kappa shape index (κ2) is 10.6. The van der Waals surface area contributed by atoms with Crippen molar-refractivity contribution in [1.82, 2.24) is 20.6 Å². The molecule has 10 nitrogen and oxygen atoms in total. The van der Waals surface area contributed by atoms with Gasteiger partial charge in [0.15, 0.2) is 0 Å². The van der Waals surface area contributed by atoms with Gasteiger partial charge in [0.25, 0.3) is 11.8 Å². The third-order valence-electron chi connectivity index (χ3n) is 3.25. The summed E-state index contributed by atoms with van der Waals surface area (Å²) in [7, 11) is 0. The molecule has 0 spiro atoms. The largest absolute Gasteiger partial charge is 0.396 e. The normalized spacial score (nSPS) is 10.9. The van der Waals surface area contributed by atoms with Gasteiger partial charge in [0.05, 0.1) is 12.4 Å². The summed E-state index contributed by atoms with van der Waals surface area (Å²) < 4.78 is 0. The molecule has 0 saturated carbocycles. The number of aromatic nitrogens is 2. The van der Waals surface area contributed by atoms with Gasteiger partial charge < -0.3 is 31.1 Å². The molecule has 0 aliphatic carbocycles. The highest BCUT2D eigenvalue weighted by atomic mass is 16.3. The molecule has 6 N–H and O–H groups in total. The van der Waals surface area contributed by atoms with E-state index in [0.29, 0.717) is 0 Å². The molecule has 0 fully saturated rings. The second-order valence-corrected chi connectivity index (χ2v) is 5.17. The molecule has 0 aromatic carbocycles. The van der Waals surface area contributed by atoms with Gasteiger partial charge in [-0.2, -0.15) is 0 Å². The van der Waals surface area contributed by atoms with Crippen molar-refractivity contribution in [3.05, 3.63) is 23.8 Å². The smallest absolute Gasteiger partial charge is 0.271 e. The Morgan fingerprint density at radius 3 is 1.38 bits per heavy atom. The summed E-state index contributed by atoms with van der Waals surface area (Å²) in [4.78, 5) is 31.3. The van der Waals surface area contributed by atoms with Crippen molar-refractivity contribution >= 4 is 11.8 Å². The van der Waals surface area contributed by atoms with Gasteiger partial charge in [-0.3, -0.25) is 9.59 Å². The van der Waals surface area contributed by atoms with E-state index in [1.54, 1.807) is 0 Å². The van der Waals surface area contributed by atoms with E-state index in [0.717, 1.165) is 12.4 Å². The standard InChI is InChI=1S/C14H22N4O6/c19-5-9(6-20)1-17-13(23)11-3-16-12(4-15-11)14(24)18-2-10(7-21)8-22/h3-4,9-10,19-22H,1-2,5-8H2,(H,17,23)(H,18,24). The Morgan fingerprint density at radius 1 is 0.792 bits per heavy atom. The Morgan fingerprint density at radius 2 is 1.12 bits per heavy atom. The maximum Gasteiger partial charge on any atom is 0.271 e. The van der Waals surface area contributed by atoms with E-state index in [4.69, 9.17) is 20.4 Å². The Hall–Kier alpha value is -2.14. The molecule has 10 heteroatoms. The Balaban J connectivity index is 2.55. The molecule has 0 aliphatic heterocycles. The summed E-state index contributed by atoms with van der Waals surface area (Å²) in [6.45, 7) is -0.873. The second-order valence-electron chi connectivity index (χ2n) is 5.17. The van der Waals surface area contributed by atoms with Crippen molar-refractivity contribution < 1.29 is 30.0 Å². The first-order valence-electron chi connectivity index (χ1n) is 7.37. The highest BCUT2D eigenvalue weighted by molar-refractivity contribution is 5.94. The molecule has 1 aromatic rings. The first-order chi connectivity index (χ1) is 11.5. The van der Waals surface area contributed by atoms with Gasteiger partial charge in [-0.1, -0.05) is 0 Å². The van der Waals surface area contributed by atoms with Crippen LogP contribution in [0.15, 0.2) is 12.4 Å². The van der Waals surface area contributed by atoms with Gasteiger partial charge in [0.2, 0.25) is 0 Å². The SMILES string of the molecule is O=C(NCC(CO)CO)c1cnc(C(=O)NCC(CO)CO)cn1. The van der Waals surface area contributed by atoms with Crippen LogP contribution >= 0.6 is 0 Å². The monoisotopic (exact) mass is 342 g/mol. The van der Waals surface area contributed by atoms with Crippen LogP contribution in [0.5, 0.6) is 0 Å². The molecule has 0 bridgehead atoms. The summed E-state index contributed by atoms with van der Waals surface area (Å²) in [5.74, 6) is -2.00. The number of aliphatic hydroxyl groups excluding tert-OH is 4. The minimum Gasteiger partial charge on any atom is -0.396 e. The fraction of sp³-hybridized carbons (Fsp3) is 0.571.